The van der Waals surface area contributed by atoms with Crippen LogP contribution in [0.4, 0.5) is 0 Å². The fraction of sp³-hybridized carbons (Fsp3) is 0. The van der Waals surface area contributed by atoms with Crippen LogP contribution >= 0.6 is 0 Å². The van der Waals surface area contributed by atoms with Crippen molar-refractivity contribution in [3.8, 4) is 68.2 Å². The minimum atomic E-state index is 0.571. The molecule has 0 saturated carbocycles. The normalized spacial score (nSPS) is 12.1. The van der Waals surface area contributed by atoms with Gasteiger partial charge in [0.05, 0.1) is 22.1 Å². The van der Waals surface area contributed by atoms with E-state index in [0.717, 1.165) is 72.2 Å². The van der Waals surface area contributed by atoms with Crippen LogP contribution in [0.25, 0.3) is 111 Å². The van der Waals surface area contributed by atoms with Gasteiger partial charge in [-0.2, -0.15) is 9.97 Å². The lowest BCUT2D eigenvalue weighted by molar-refractivity contribution is 0.487. The Morgan fingerprint density at radius 1 is 0.328 bits per heavy atom. The summed E-state index contributed by atoms with van der Waals surface area (Å²) in [7, 11) is 0. The highest BCUT2D eigenvalue weighted by atomic mass is 16.5. The van der Waals surface area contributed by atoms with Gasteiger partial charge in [0.2, 0.25) is 5.95 Å². The molecule has 0 spiro atoms. The first kappa shape index (κ1) is 33.6. The Bertz CT molecular complexity index is 3660. The number of hydrogen-bond donors (Lipinski definition) is 0. The molecular formula is C55H33N5O. The number of rotatable bonds is 5. The number of ether oxygens (including phenoxy) is 1. The molecule has 0 aliphatic carbocycles. The molecule has 0 atom stereocenters. The molecule has 13 rings (SSSR count). The molecule has 0 bridgehead atoms. The predicted molar refractivity (Wildman–Crippen MR) is 248 cm³/mol. The Labute approximate surface area is 350 Å². The van der Waals surface area contributed by atoms with Crippen molar-refractivity contribution in [3.05, 3.63) is 200 Å². The van der Waals surface area contributed by atoms with Crippen LogP contribution in [0.2, 0.25) is 0 Å². The zero-order chi connectivity index (χ0) is 40.0. The molecule has 0 radical (unpaired) electrons. The largest absolute Gasteiger partial charge is 0.456 e. The van der Waals surface area contributed by atoms with Gasteiger partial charge in [0.15, 0.2) is 11.6 Å². The van der Waals surface area contributed by atoms with E-state index >= 15 is 0 Å². The standard InChI is InChI=1S/C55H33N5O/c1-4-15-34(16-5-1)53-56-54(35-17-6-2-7-18-35)58-55(57-53)60-45-24-12-10-21-39(45)43-31-36(28-30-47(43)60)37-27-29-40-44-33-48-51(42-23-14-26-49(52(42)44)61-50(40)32-37)41-22-11-13-25-46(41)59(48)38-19-8-3-9-20-38/h1-33H. The van der Waals surface area contributed by atoms with E-state index < -0.39 is 0 Å². The van der Waals surface area contributed by atoms with Crippen LogP contribution in [-0.2, 0) is 0 Å². The molecule has 0 saturated heterocycles. The summed E-state index contributed by atoms with van der Waals surface area (Å²) in [6.45, 7) is 0. The molecule has 61 heavy (non-hydrogen) atoms. The lowest BCUT2D eigenvalue weighted by Crippen LogP contribution is -2.06. The van der Waals surface area contributed by atoms with Gasteiger partial charge in [0, 0.05) is 49.3 Å². The summed E-state index contributed by atoms with van der Waals surface area (Å²) in [4.78, 5) is 15.2. The number of fused-ring (bicyclic) bond motifs is 9. The van der Waals surface area contributed by atoms with Crippen LogP contribution < -0.4 is 4.74 Å². The van der Waals surface area contributed by atoms with Crippen molar-refractivity contribution >= 4 is 54.4 Å². The first-order valence-electron chi connectivity index (χ1n) is 20.5. The Kier molecular flexibility index (Phi) is 7.21. The van der Waals surface area contributed by atoms with Crippen LogP contribution in [0.1, 0.15) is 0 Å². The molecule has 1 aliphatic rings. The second-order valence-corrected chi connectivity index (χ2v) is 15.6. The number of hydrogen-bond acceptors (Lipinski definition) is 4. The Balaban J connectivity index is 0.975. The molecule has 9 aromatic carbocycles. The second kappa shape index (κ2) is 13.1. The lowest BCUT2D eigenvalue weighted by Gasteiger charge is -2.23. The predicted octanol–water partition coefficient (Wildman–Crippen LogP) is 14.0. The van der Waals surface area contributed by atoms with Crippen molar-refractivity contribution in [3.63, 3.8) is 0 Å². The van der Waals surface area contributed by atoms with Crippen LogP contribution in [0.5, 0.6) is 11.5 Å². The minimum Gasteiger partial charge on any atom is -0.456 e. The topological polar surface area (TPSA) is 57.8 Å². The van der Waals surface area contributed by atoms with Crippen molar-refractivity contribution in [2.24, 2.45) is 0 Å². The molecule has 0 amide bonds. The van der Waals surface area contributed by atoms with Gasteiger partial charge in [0.25, 0.3) is 0 Å². The third kappa shape index (κ3) is 5.12. The van der Waals surface area contributed by atoms with Crippen LogP contribution in [0.3, 0.4) is 0 Å². The molecule has 0 N–H and O–H groups in total. The number of benzene rings is 9. The van der Waals surface area contributed by atoms with E-state index in [9.17, 15) is 0 Å². The van der Waals surface area contributed by atoms with Crippen molar-refractivity contribution in [2.75, 3.05) is 0 Å². The maximum Gasteiger partial charge on any atom is 0.238 e. The Morgan fingerprint density at radius 3 is 1.66 bits per heavy atom. The van der Waals surface area contributed by atoms with Gasteiger partial charge in [-0.1, -0.05) is 140 Å². The summed E-state index contributed by atoms with van der Waals surface area (Å²) in [6, 6.07) is 70.2. The first-order chi connectivity index (χ1) is 30.2. The van der Waals surface area contributed by atoms with Gasteiger partial charge >= 0.3 is 0 Å². The highest BCUT2D eigenvalue weighted by Crippen LogP contribution is 2.51. The molecule has 12 aromatic rings. The fourth-order valence-corrected chi connectivity index (χ4v) is 9.45. The van der Waals surface area contributed by atoms with Gasteiger partial charge in [-0.3, -0.25) is 4.57 Å². The molecule has 0 unspecified atom stereocenters. The van der Waals surface area contributed by atoms with Gasteiger partial charge < -0.3 is 9.30 Å². The number of para-hydroxylation sites is 3. The SMILES string of the molecule is c1ccc(-c2nc(-c3ccccc3)nc(-n3c4ccccc4c4cc(-c5ccc6c(c5)Oc5cccc7c5c-6cc5c7c6ccccc6n5-c5ccccc5)ccc43)n2)cc1. The van der Waals surface area contributed by atoms with Crippen molar-refractivity contribution in [1.29, 1.82) is 0 Å². The van der Waals surface area contributed by atoms with E-state index in [1.807, 2.05) is 60.7 Å². The quantitative estimate of drug-likeness (QED) is 0.175. The molecule has 3 aromatic heterocycles. The van der Waals surface area contributed by atoms with E-state index in [-0.39, 0.29) is 0 Å². The second-order valence-electron chi connectivity index (χ2n) is 15.6. The van der Waals surface area contributed by atoms with Gasteiger partial charge in [0.1, 0.15) is 11.5 Å². The maximum atomic E-state index is 6.85. The molecular weight excluding hydrogens is 747 g/mol. The summed E-state index contributed by atoms with van der Waals surface area (Å²) >= 11 is 0. The van der Waals surface area contributed by atoms with Crippen molar-refractivity contribution in [2.45, 2.75) is 0 Å². The monoisotopic (exact) mass is 779 g/mol. The summed E-state index contributed by atoms with van der Waals surface area (Å²) in [5, 5.41) is 7.03. The summed E-state index contributed by atoms with van der Waals surface area (Å²) in [6.07, 6.45) is 0. The first-order valence-corrected chi connectivity index (χ1v) is 20.5. The summed E-state index contributed by atoms with van der Waals surface area (Å²) in [5.74, 6) is 3.54. The number of nitrogens with zero attached hydrogens (tertiary/aromatic N) is 5. The van der Waals surface area contributed by atoms with Crippen LogP contribution in [-0.4, -0.2) is 24.1 Å². The van der Waals surface area contributed by atoms with Gasteiger partial charge in [-0.15, -0.1) is 0 Å². The minimum absolute atomic E-state index is 0.571. The molecule has 1 aliphatic heterocycles. The smallest absolute Gasteiger partial charge is 0.238 e. The third-order valence-electron chi connectivity index (χ3n) is 12.2. The van der Waals surface area contributed by atoms with E-state index in [4.69, 9.17) is 19.7 Å². The number of aromatic nitrogens is 5. The van der Waals surface area contributed by atoms with Crippen LogP contribution in [0.15, 0.2) is 200 Å². The fourth-order valence-electron chi connectivity index (χ4n) is 9.45. The lowest BCUT2D eigenvalue weighted by atomic mass is 9.90. The van der Waals surface area contributed by atoms with E-state index in [1.54, 1.807) is 0 Å². The molecule has 6 heteroatoms. The zero-order valence-corrected chi connectivity index (χ0v) is 32.7. The highest BCUT2D eigenvalue weighted by molar-refractivity contribution is 6.26. The molecule has 0 fully saturated rings. The van der Waals surface area contributed by atoms with Crippen LogP contribution in [0, 0.1) is 0 Å². The average molecular weight is 780 g/mol. The molecule has 284 valence electrons. The van der Waals surface area contributed by atoms with Gasteiger partial charge in [-0.05, 0) is 82.7 Å². The van der Waals surface area contributed by atoms with E-state index in [1.165, 1.54) is 32.8 Å². The average Bonchev–Trinajstić information content (AvgIpc) is 3.85. The molecule has 6 nitrogen and oxygen atoms in total. The Morgan fingerprint density at radius 2 is 0.918 bits per heavy atom. The third-order valence-corrected chi connectivity index (χ3v) is 12.2. The molecule has 4 heterocycles. The van der Waals surface area contributed by atoms with Crippen molar-refractivity contribution < 1.29 is 4.74 Å². The van der Waals surface area contributed by atoms with Gasteiger partial charge in [-0.25, -0.2) is 4.98 Å². The summed E-state index contributed by atoms with van der Waals surface area (Å²) in [5.41, 5.74) is 11.8. The Hall–Kier alpha value is -8.35. The maximum absolute atomic E-state index is 6.85. The van der Waals surface area contributed by atoms with Crippen molar-refractivity contribution in [1.82, 2.24) is 24.1 Å². The van der Waals surface area contributed by atoms with E-state index in [0.29, 0.717) is 17.6 Å². The van der Waals surface area contributed by atoms with E-state index in [2.05, 4.69) is 149 Å². The highest BCUT2D eigenvalue weighted by Gasteiger charge is 2.26. The zero-order valence-electron chi connectivity index (χ0n) is 32.7. The summed E-state index contributed by atoms with van der Waals surface area (Å²) < 4.78 is 11.4.